The minimum Gasteiger partial charge on any atom is -0.479 e. The smallest absolute Gasteiger partial charge is 0.408 e. The number of alkyl carbamates (subject to hydrolysis) is 1. The van der Waals surface area contributed by atoms with Crippen LogP contribution in [0.15, 0.2) is 48.5 Å². The predicted octanol–water partition coefficient (Wildman–Crippen LogP) is 2.45. The van der Waals surface area contributed by atoms with E-state index < -0.39 is 29.6 Å². The summed E-state index contributed by atoms with van der Waals surface area (Å²) in [5.74, 6) is -2.15. The standard InChI is InChI=1S/C23H26N2O7/c1-23(2,21(28)25-32-19(13-30-3)20(26)27)24-22(29)31-12-18-16-10-6-4-8-14(16)15-9-5-7-11-17(15)18/h4-11,18-19H,12-13H2,1-3H3,(H,24,29)(H,25,28)(H,26,27). The van der Waals surface area contributed by atoms with Crippen LogP contribution in [0.4, 0.5) is 4.79 Å². The number of ether oxygens (including phenoxy) is 2. The predicted molar refractivity (Wildman–Crippen MR) is 115 cm³/mol. The maximum absolute atomic E-state index is 12.4. The van der Waals surface area contributed by atoms with Crippen molar-refractivity contribution in [3.8, 4) is 11.1 Å². The molecule has 170 valence electrons. The molecule has 1 aliphatic carbocycles. The molecule has 0 spiro atoms. The summed E-state index contributed by atoms with van der Waals surface area (Å²) in [5, 5.41) is 11.5. The number of benzene rings is 2. The molecule has 0 heterocycles. The topological polar surface area (TPSA) is 123 Å². The number of nitrogens with one attached hydrogen (secondary N) is 2. The van der Waals surface area contributed by atoms with E-state index in [0.29, 0.717) is 0 Å². The maximum Gasteiger partial charge on any atom is 0.408 e. The average molecular weight is 442 g/mol. The largest absolute Gasteiger partial charge is 0.479 e. The first-order valence-electron chi connectivity index (χ1n) is 10.1. The second kappa shape index (κ2) is 9.80. The fourth-order valence-corrected chi connectivity index (χ4v) is 3.51. The Kier molecular flexibility index (Phi) is 7.12. The summed E-state index contributed by atoms with van der Waals surface area (Å²) < 4.78 is 10.2. The molecule has 1 unspecified atom stereocenters. The van der Waals surface area contributed by atoms with Crippen molar-refractivity contribution in [1.29, 1.82) is 0 Å². The third-order valence-corrected chi connectivity index (χ3v) is 5.21. The van der Waals surface area contributed by atoms with Crippen molar-refractivity contribution in [2.45, 2.75) is 31.4 Å². The van der Waals surface area contributed by atoms with Crippen molar-refractivity contribution in [2.24, 2.45) is 0 Å². The first kappa shape index (κ1) is 23.2. The molecule has 3 N–H and O–H groups in total. The van der Waals surface area contributed by atoms with Gasteiger partial charge in [-0.2, -0.15) is 0 Å². The zero-order valence-corrected chi connectivity index (χ0v) is 18.1. The van der Waals surface area contributed by atoms with Crippen LogP contribution in [-0.2, 0) is 23.9 Å². The van der Waals surface area contributed by atoms with E-state index in [-0.39, 0.29) is 19.1 Å². The van der Waals surface area contributed by atoms with E-state index >= 15 is 0 Å². The molecule has 2 aromatic carbocycles. The van der Waals surface area contributed by atoms with E-state index in [1.54, 1.807) is 0 Å². The maximum atomic E-state index is 12.4. The third-order valence-electron chi connectivity index (χ3n) is 5.21. The van der Waals surface area contributed by atoms with Gasteiger partial charge in [-0.1, -0.05) is 48.5 Å². The first-order valence-corrected chi connectivity index (χ1v) is 10.1. The highest BCUT2D eigenvalue weighted by Crippen LogP contribution is 2.44. The van der Waals surface area contributed by atoms with Crippen molar-refractivity contribution in [3.05, 3.63) is 59.7 Å². The van der Waals surface area contributed by atoms with Crippen LogP contribution in [0, 0.1) is 0 Å². The van der Waals surface area contributed by atoms with Gasteiger partial charge in [0.2, 0.25) is 6.10 Å². The highest BCUT2D eigenvalue weighted by molar-refractivity contribution is 5.88. The van der Waals surface area contributed by atoms with Crippen molar-refractivity contribution >= 4 is 18.0 Å². The first-order chi connectivity index (χ1) is 15.2. The van der Waals surface area contributed by atoms with E-state index in [2.05, 4.69) is 5.32 Å². The van der Waals surface area contributed by atoms with Gasteiger partial charge < -0.3 is 19.9 Å². The zero-order valence-electron chi connectivity index (χ0n) is 18.1. The molecule has 2 aromatic rings. The lowest BCUT2D eigenvalue weighted by molar-refractivity contribution is -0.166. The van der Waals surface area contributed by atoms with Crippen molar-refractivity contribution in [3.63, 3.8) is 0 Å². The molecule has 1 aliphatic rings. The fourth-order valence-electron chi connectivity index (χ4n) is 3.51. The summed E-state index contributed by atoms with van der Waals surface area (Å²) in [4.78, 5) is 40.8. The highest BCUT2D eigenvalue weighted by Gasteiger charge is 2.33. The number of carbonyl (C=O) groups excluding carboxylic acids is 2. The van der Waals surface area contributed by atoms with Crippen LogP contribution in [-0.4, -0.2) is 55.0 Å². The molecule has 9 heteroatoms. The van der Waals surface area contributed by atoms with Crippen molar-refractivity contribution < 1.29 is 33.8 Å². The summed E-state index contributed by atoms with van der Waals surface area (Å²) >= 11 is 0. The van der Waals surface area contributed by atoms with Crippen molar-refractivity contribution in [1.82, 2.24) is 10.8 Å². The number of hydroxylamine groups is 1. The molecule has 3 rings (SSSR count). The summed E-state index contributed by atoms with van der Waals surface area (Å²) in [5.41, 5.74) is 5.00. The number of carboxylic acid groups (broad SMARTS) is 1. The van der Waals surface area contributed by atoms with Crippen LogP contribution in [0.25, 0.3) is 11.1 Å². The third kappa shape index (κ3) is 5.06. The van der Waals surface area contributed by atoms with Crippen molar-refractivity contribution in [2.75, 3.05) is 20.3 Å². The van der Waals surface area contributed by atoms with Gasteiger partial charge in [-0.05, 0) is 36.1 Å². The van der Waals surface area contributed by atoms with E-state index in [1.165, 1.54) is 21.0 Å². The minimum absolute atomic E-state index is 0.100. The van der Waals surface area contributed by atoms with Gasteiger partial charge in [0.05, 0.1) is 6.61 Å². The summed E-state index contributed by atoms with van der Waals surface area (Å²) in [7, 11) is 1.31. The molecule has 32 heavy (non-hydrogen) atoms. The molecule has 0 aromatic heterocycles. The van der Waals surface area contributed by atoms with Crippen LogP contribution < -0.4 is 10.8 Å². The van der Waals surface area contributed by atoms with Gasteiger partial charge in [0, 0.05) is 13.0 Å². The van der Waals surface area contributed by atoms with Crippen LogP contribution in [0.3, 0.4) is 0 Å². The minimum atomic E-state index is -1.42. The number of fused-ring (bicyclic) bond motifs is 3. The zero-order chi connectivity index (χ0) is 23.3. The Labute approximate surface area is 185 Å². The van der Waals surface area contributed by atoms with E-state index in [1.807, 2.05) is 54.0 Å². The number of carboxylic acids is 1. The van der Waals surface area contributed by atoms with Crippen LogP contribution in [0.2, 0.25) is 0 Å². The van der Waals surface area contributed by atoms with Crippen LogP contribution in [0.5, 0.6) is 0 Å². The number of methoxy groups -OCH3 is 1. The van der Waals surface area contributed by atoms with Gasteiger partial charge in [0.25, 0.3) is 5.91 Å². The van der Waals surface area contributed by atoms with Gasteiger partial charge in [-0.15, -0.1) is 0 Å². The molecule has 0 aliphatic heterocycles. The summed E-state index contributed by atoms with van der Waals surface area (Å²) in [6.07, 6.45) is -2.16. The molecule has 0 saturated heterocycles. The SMILES string of the molecule is COCC(ONC(=O)C(C)(C)NC(=O)OCC1c2ccccc2-c2ccccc21)C(=O)O. The lowest BCUT2D eigenvalue weighted by atomic mass is 9.98. The number of carbonyl (C=O) groups is 3. The van der Waals surface area contributed by atoms with Crippen LogP contribution >= 0.6 is 0 Å². The molecule has 1 atom stereocenters. The Morgan fingerprint density at radius 3 is 2.12 bits per heavy atom. The lowest BCUT2D eigenvalue weighted by Gasteiger charge is -2.25. The van der Waals surface area contributed by atoms with E-state index in [9.17, 15) is 14.4 Å². The normalized spacial score (nSPS) is 13.6. The molecular formula is C23H26N2O7. The van der Waals surface area contributed by atoms with E-state index in [0.717, 1.165) is 22.3 Å². The molecule has 9 nitrogen and oxygen atoms in total. The Morgan fingerprint density at radius 1 is 1.03 bits per heavy atom. The Bertz CT molecular complexity index is 960. The molecular weight excluding hydrogens is 416 g/mol. The lowest BCUT2D eigenvalue weighted by Crippen LogP contribution is -2.55. The Hall–Kier alpha value is -3.43. The average Bonchev–Trinajstić information content (AvgIpc) is 3.08. The molecule has 0 saturated carbocycles. The van der Waals surface area contributed by atoms with Gasteiger partial charge in [0.15, 0.2) is 0 Å². The van der Waals surface area contributed by atoms with E-state index in [4.69, 9.17) is 19.4 Å². The number of amides is 2. The Morgan fingerprint density at radius 2 is 1.59 bits per heavy atom. The number of rotatable bonds is 9. The number of hydrogen-bond donors (Lipinski definition) is 3. The second-order valence-corrected chi connectivity index (χ2v) is 7.91. The number of aliphatic carboxylic acids is 1. The summed E-state index contributed by atoms with van der Waals surface area (Å²) in [6, 6.07) is 15.9. The quantitative estimate of drug-likeness (QED) is 0.510. The van der Waals surface area contributed by atoms with Gasteiger partial charge in [-0.25, -0.2) is 15.1 Å². The second-order valence-electron chi connectivity index (χ2n) is 7.91. The Balaban J connectivity index is 1.58. The molecule has 0 bridgehead atoms. The monoisotopic (exact) mass is 442 g/mol. The van der Waals surface area contributed by atoms with Gasteiger partial charge in [-0.3, -0.25) is 9.63 Å². The summed E-state index contributed by atoms with van der Waals surface area (Å²) in [6.45, 7) is 2.73. The van der Waals surface area contributed by atoms with Gasteiger partial charge in [0.1, 0.15) is 12.1 Å². The molecule has 0 fully saturated rings. The molecule has 0 radical (unpaired) electrons. The van der Waals surface area contributed by atoms with Crippen LogP contribution in [0.1, 0.15) is 30.9 Å². The number of hydrogen-bond acceptors (Lipinski definition) is 6. The fraction of sp³-hybridized carbons (Fsp3) is 0.348. The van der Waals surface area contributed by atoms with Gasteiger partial charge >= 0.3 is 12.1 Å². The molecule has 2 amide bonds. The highest BCUT2D eigenvalue weighted by atomic mass is 16.7.